The summed E-state index contributed by atoms with van der Waals surface area (Å²) in [5, 5.41) is 57.3. The van der Waals surface area contributed by atoms with Crippen molar-refractivity contribution < 1.29 is 35.1 Å². The molecule has 1 saturated heterocycles. The molecule has 11 nitrogen and oxygen atoms in total. The van der Waals surface area contributed by atoms with Crippen LogP contribution in [0.2, 0.25) is 0 Å². The molecule has 0 aromatic carbocycles. The van der Waals surface area contributed by atoms with E-state index >= 15 is 0 Å². The highest BCUT2D eigenvalue weighted by atomic mass is 16.6. The van der Waals surface area contributed by atoms with E-state index in [2.05, 4.69) is 15.6 Å². The zero-order valence-corrected chi connectivity index (χ0v) is 12.3. The molecule has 1 aromatic heterocycles. The smallest absolute Gasteiger partial charge is 0.273 e. The summed E-state index contributed by atoms with van der Waals surface area (Å²) in [5.74, 6) is -0.582. The van der Waals surface area contributed by atoms with Crippen molar-refractivity contribution in [3.05, 3.63) is 11.9 Å². The van der Waals surface area contributed by atoms with Crippen LogP contribution in [0.4, 0.5) is 0 Å². The Morgan fingerprint density at radius 2 is 2.09 bits per heavy atom. The first kappa shape index (κ1) is 17.7. The fourth-order valence-electron chi connectivity index (χ4n) is 2.14. The maximum absolute atomic E-state index is 11.8. The monoisotopic (exact) mass is 332 g/mol. The molecule has 130 valence electrons. The van der Waals surface area contributed by atoms with Gasteiger partial charge >= 0.3 is 0 Å². The number of carbonyl (C=O) groups is 1. The molecule has 1 aliphatic heterocycles. The summed E-state index contributed by atoms with van der Waals surface area (Å²) in [4.78, 5) is 11.8. The van der Waals surface area contributed by atoms with Crippen molar-refractivity contribution >= 4 is 5.91 Å². The number of hydrogen-bond acceptors (Lipinski definition) is 9. The third-order valence-corrected chi connectivity index (χ3v) is 3.43. The molecule has 6 atom stereocenters. The lowest BCUT2D eigenvalue weighted by atomic mass is 9.98. The lowest BCUT2D eigenvalue weighted by molar-refractivity contribution is -0.254. The number of aromatic nitrogens is 3. The molecule has 1 unspecified atom stereocenters. The Kier molecular flexibility index (Phi) is 5.62. The van der Waals surface area contributed by atoms with Crippen LogP contribution in [0.1, 0.15) is 23.6 Å². The Morgan fingerprint density at radius 3 is 2.70 bits per heavy atom. The van der Waals surface area contributed by atoms with Crippen LogP contribution < -0.4 is 5.32 Å². The van der Waals surface area contributed by atoms with E-state index in [1.54, 1.807) is 0 Å². The topological polar surface area (TPSA) is 170 Å². The van der Waals surface area contributed by atoms with Gasteiger partial charge in [0.15, 0.2) is 11.9 Å². The molecule has 0 spiro atoms. The predicted molar refractivity (Wildman–Crippen MR) is 73.1 cm³/mol. The van der Waals surface area contributed by atoms with Crippen molar-refractivity contribution in [2.24, 2.45) is 0 Å². The van der Waals surface area contributed by atoms with Gasteiger partial charge in [-0.05, 0) is 6.92 Å². The van der Waals surface area contributed by atoms with Crippen LogP contribution in [0.25, 0.3) is 0 Å². The Hall–Kier alpha value is -1.63. The highest BCUT2D eigenvalue weighted by molar-refractivity contribution is 5.91. The molecular formula is C12H20N4O7. The van der Waals surface area contributed by atoms with Crippen LogP contribution in [0.3, 0.4) is 0 Å². The summed E-state index contributed by atoms with van der Waals surface area (Å²) in [5.41, 5.74) is -0.0809. The van der Waals surface area contributed by atoms with Gasteiger partial charge in [-0.2, -0.15) is 0 Å². The number of hydrogen-bond donors (Lipinski definition) is 6. The number of nitrogens with zero attached hydrogens (tertiary/aromatic N) is 3. The van der Waals surface area contributed by atoms with Crippen molar-refractivity contribution in [3.8, 4) is 0 Å². The quantitative estimate of drug-likeness (QED) is 0.318. The number of aliphatic hydroxyl groups excluding tert-OH is 5. The Bertz CT molecular complexity index is 535. The first-order valence-electron chi connectivity index (χ1n) is 7.03. The predicted octanol–water partition coefficient (Wildman–Crippen LogP) is -3.64. The van der Waals surface area contributed by atoms with E-state index in [-0.39, 0.29) is 12.2 Å². The molecule has 2 rings (SSSR count). The van der Waals surface area contributed by atoms with Crippen LogP contribution in [-0.2, 0) is 4.74 Å². The first-order chi connectivity index (χ1) is 10.8. The van der Waals surface area contributed by atoms with Crippen LogP contribution in [-0.4, -0.2) is 90.1 Å². The Balaban J connectivity index is 2.11. The third-order valence-electron chi connectivity index (χ3n) is 3.43. The SMILES string of the molecule is CC(O)CNC(=O)c1cn([C@@H]2O[C@H](CO)[C@@H](O)[C@H](O)[C@@H]2O)nn1. The van der Waals surface area contributed by atoms with Crippen LogP contribution in [0.5, 0.6) is 0 Å². The van der Waals surface area contributed by atoms with E-state index in [0.717, 1.165) is 4.68 Å². The van der Waals surface area contributed by atoms with Crippen LogP contribution in [0, 0.1) is 0 Å². The van der Waals surface area contributed by atoms with E-state index in [1.165, 1.54) is 13.1 Å². The highest BCUT2D eigenvalue weighted by Gasteiger charge is 2.44. The summed E-state index contributed by atoms with van der Waals surface area (Å²) in [6.07, 6.45) is -6.41. The molecule has 0 aliphatic carbocycles. The van der Waals surface area contributed by atoms with Gasteiger partial charge in [0.1, 0.15) is 24.4 Å². The molecule has 1 amide bonds. The van der Waals surface area contributed by atoms with Gasteiger partial charge in [0.25, 0.3) is 5.91 Å². The van der Waals surface area contributed by atoms with E-state index < -0.39 is 49.3 Å². The Labute approximate surface area is 131 Å². The van der Waals surface area contributed by atoms with E-state index in [4.69, 9.17) is 14.9 Å². The lowest BCUT2D eigenvalue weighted by Crippen LogP contribution is -2.56. The molecule has 11 heteroatoms. The number of ether oxygens (including phenoxy) is 1. The first-order valence-corrected chi connectivity index (χ1v) is 7.03. The van der Waals surface area contributed by atoms with Gasteiger partial charge in [0, 0.05) is 6.54 Å². The second-order valence-electron chi connectivity index (χ2n) is 5.36. The normalized spacial score (nSPS) is 32.5. The standard InChI is InChI=1S/C12H20N4O7/c1-5(18)2-13-11(22)6-3-16(15-14-6)12-10(21)9(20)8(19)7(4-17)23-12/h3,5,7-10,12,17-21H,2,4H2,1H3,(H,13,22)/t5?,7-,8-,9+,10+,12-/m1/s1. The summed E-state index contributed by atoms with van der Waals surface area (Å²) in [6, 6.07) is 0. The van der Waals surface area contributed by atoms with Gasteiger partial charge in [-0.15, -0.1) is 5.10 Å². The molecular weight excluding hydrogens is 312 g/mol. The van der Waals surface area contributed by atoms with Crippen molar-refractivity contribution in [2.75, 3.05) is 13.2 Å². The van der Waals surface area contributed by atoms with Gasteiger partial charge < -0.3 is 35.6 Å². The van der Waals surface area contributed by atoms with Gasteiger partial charge in [-0.25, -0.2) is 4.68 Å². The second kappa shape index (κ2) is 7.29. The summed E-state index contributed by atoms with van der Waals surface area (Å²) in [7, 11) is 0. The van der Waals surface area contributed by atoms with Crippen molar-refractivity contribution in [3.63, 3.8) is 0 Å². The average Bonchev–Trinajstić information content (AvgIpc) is 3.00. The fraction of sp³-hybridized carbons (Fsp3) is 0.750. The van der Waals surface area contributed by atoms with Gasteiger partial charge in [0.2, 0.25) is 0 Å². The largest absolute Gasteiger partial charge is 0.394 e. The minimum atomic E-state index is -1.55. The minimum absolute atomic E-state index is 0.0335. The summed E-state index contributed by atoms with van der Waals surface area (Å²) < 4.78 is 6.30. The molecule has 2 heterocycles. The molecule has 0 radical (unpaired) electrons. The maximum Gasteiger partial charge on any atom is 0.273 e. The zero-order chi connectivity index (χ0) is 17.1. The number of nitrogens with one attached hydrogen (secondary N) is 1. The van der Waals surface area contributed by atoms with Crippen molar-refractivity contribution in [1.29, 1.82) is 0 Å². The molecule has 0 saturated carbocycles. The molecule has 23 heavy (non-hydrogen) atoms. The lowest BCUT2D eigenvalue weighted by Gasteiger charge is -2.39. The van der Waals surface area contributed by atoms with E-state index in [0.29, 0.717) is 0 Å². The van der Waals surface area contributed by atoms with E-state index in [1.807, 2.05) is 0 Å². The van der Waals surface area contributed by atoms with Gasteiger partial charge in [-0.3, -0.25) is 4.79 Å². The van der Waals surface area contributed by atoms with Gasteiger partial charge in [-0.1, -0.05) is 5.21 Å². The number of aliphatic hydroxyl groups is 5. The van der Waals surface area contributed by atoms with Crippen LogP contribution >= 0.6 is 0 Å². The minimum Gasteiger partial charge on any atom is -0.394 e. The molecule has 1 aromatic rings. The van der Waals surface area contributed by atoms with Gasteiger partial charge in [0.05, 0.1) is 18.9 Å². The summed E-state index contributed by atoms with van der Waals surface area (Å²) in [6.45, 7) is 0.967. The maximum atomic E-state index is 11.8. The molecule has 0 bridgehead atoms. The van der Waals surface area contributed by atoms with Crippen molar-refractivity contribution in [2.45, 2.75) is 43.7 Å². The highest BCUT2D eigenvalue weighted by Crippen LogP contribution is 2.27. The second-order valence-corrected chi connectivity index (χ2v) is 5.36. The van der Waals surface area contributed by atoms with Crippen LogP contribution in [0.15, 0.2) is 6.20 Å². The number of amides is 1. The fourth-order valence-corrected chi connectivity index (χ4v) is 2.14. The summed E-state index contributed by atoms with van der Waals surface area (Å²) >= 11 is 0. The number of carbonyl (C=O) groups excluding carboxylic acids is 1. The molecule has 1 fully saturated rings. The third kappa shape index (κ3) is 3.83. The molecule has 1 aliphatic rings. The zero-order valence-electron chi connectivity index (χ0n) is 12.3. The molecule has 6 N–H and O–H groups in total. The average molecular weight is 332 g/mol. The number of rotatable bonds is 5. The van der Waals surface area contributed by atoms with E-state index in [9.17, 15) is 20.1 Å². The Morgan fingerprint density at radius 1 is 1.39 bits per heavy atom. The van der Waals surface area contributed by atoms with Crippen molar-refractivity contribution in [1.82, 2.24) is 20.3 Å².